The number of hydrogen-bond acceptors (Lipinski definition) is 10. The van der Waals surface area contributed by atoms with Crippen molar-refractivity contribution in [1.29, 1.82) is 0 Å². The summed E-state index contributed by atoms with van der Waals surface area (Å²) in [5.74, 6) is 4.86. The summed E-state index contributed by atoms with van der Waals surface area (Å²) in [6.07, 6.45) is 3.28. The van der Waals surface area contributed by atoms with Crippen molar-refractivity contribution in [1.82, 2.24) is 35.6 Å². The average molecular weight is 861 g/mol. The smallest absolute Gasteiger partial charge is 0.407 e. The maximum absolute atomic E-state index is 15.1. The number of benzene rings is 2. The number of aliphatic hydroxyl groups excluding tert-OH is 1. The van der Waals surface area contributed by atoms with Gasteiger partial charge in [-0.25, -0.2) is 23.2 Å². The van der Waals surface area contributed by atoms with Gasteiger partial charge in [-0.2, -0.15) is 13.9 Å². The van der Waals surface area contributed by atoms with E-state index >= 15 is 8.78 Å². The highest BCUT2D eigenvalue weighted by Crippen LogP contribution is 2.35. The van der Waals surface area contributed by atoms with E-state index < -0.39 is 53.8 Å². The van der Waals surface area contributed by atoms with Gasteiger partial charge in [-0.15, -0.1) is 0 Å². The van der Waals surface area contributed by atoms with E-state index in [9.17, 15) is 23.5 Å². The molecule has 2 amide bonds. The molecule has 3 saturated heterocycles. The number of ether oxygens (including phenoxy) is 2. The number of aliphatic hydroxyl groups is 1. The van der Waals surface area contributed by atoms with Crippen molar-refractivity contribution in [3.63, 3.8) is 0 Å². The first-order valence-corrected chi connectivity index (χ1v) is 20.7. The number of anilines is 1. The third kappa shape index (κ3) is 10.6. The second-order valence-corrected chi connectivity index (χ2v) is 17.1. The van der Waals surface area contributed by atoms with E-state index in [-0.39, 0.29) is 36.3 Å². The predicted molar refractivity (Wildman–Crippen MR) is 223 cm³/mol. The molecule has 3 aliphatic heterocycles. The molecule has 13 nitrogen and oxygen atoms in total. The fourth-order valence-corrected chi connectivity index (χ4v) is 8.29. The molecular formula is C45H52F4N8O5. The number of nitrogens with one attached hydrogen (secondary N) is 3. The summed E-state index contributed by atoms with van der Waals surface area (Å²) in [6, 6.07) is 14.2. The van der Waals surface area contributed by atoms with Crippen LogP contribution in [0.3, 0.4) is 0 Å². The quantitative estimate of drug-likeness (QED) is 0.101. The Hall–Kier alpha value is -5.54. The number of halogens is 4. The lowest BCUT2D eigenvalue weighted by Gasteiger charge is -2.47. The summed E-state index contributed by atoms with van der Waals surface area (Å²) in [5, 5.41) is 23.4. The largest absolute Gasteiger partial charge is 0.453 e. The van der Waals surface area contributed by atoms with Crippen molar-refractivity contribution in [2.24, 2.45) is 5.41 Å². The molecule has 330 valence electrons. The molecule has 5 heterocycles. The zero-order chi connectivity index (χ0) is 44.1. The van der Waals surface area contributed by atoms with E-state index in [0.29, 0.717) is 22.8 Å². The highest BCUT2D eigenvalue weighted by molar-refractivity contribution is 5.86. The molecule has 0 saturated carbocycles. The number of alkyl carbamates (subject to hydrolysis) is 1. The number of carbonyl (C=O) groups is 2. The normalized spacial score (nSPS) is 19.3. The van der Waals surface area contributed by atoms with Gasteiger partial charge < -0.3 is 35.4 Å². The molecular weight excluding hydrogens is 809 g/mol. The molecule has 3 unspecified atom stereocenters. The van der Waals surface area contributed by atoms with Gasteiger partial charge in [0.15, 0.2) is 0 Å². The standard InChI is InChI=1S/C45H52F4N8O5/c1-45(2,3)41(53-44(60)61-4)42(59)52-38(39(58)22-50-21-34-35(46)18-30(19-36(34)47)37-15-16-56(54-37)43(48)49)17-28-8-5-27(6-9-28)7-10-29-11-14-40(51-20-29)55-23-31-12-13-32(24-55)57(31)33-25-62-26-33/h5-6,8-9,11,14-16,18-20,31-33,38-39,41,43,50,58H,12-13,17,21-26H2,1-4H3,(H,52,59)(H,53,60)/t31?,32?,38-,39-,41?/m0/s1. The Labute approximate surface area is 358 Å². The number of alkyl halides is 2. The topological polar surface area (TPSA) is 146 Å². The monoisotopic (exact) mass is 860 g/mol. The molecule has 2 aromatic carbocycles. The molecule has 2 aromatic heterocycles. The van der Waals surface area contributed by atoms with Crippen molar-refractivity contribution in [3.05, 3.63) is 101 Å². The number of carbonyl (C=O) groups excluding carboxylic acids is 2. The minimum atomic E-state index is -2.91. The molecule has 0 radical (unpaired) electrons. The van der Waals surface area contributed by atoms with Gasteiger partial charge in [0.1, 0.15) is 23.5 Å². The highest BCUT2D eigenvalue weighted by Gasteiger charge is 2.45. The Bertz CT molecular complexity index is 2220. The molecule has 7 rings (SSSR count). The lowest BCUT2D eigenvalue weighted by molar-refractivity contribution is -0.127. The van der Waals surface area contributed by atoms with Crippen LogP contribution in [0.4, 0.5) is 28.2 Å². The van der Waals surface area contributed by atoms with Crippen molar-refractivity contribution >= 4 is 17.8 Å². The van der Waals surface area contributed by atoms with Crippen LogP contribution < -0.4 is 20.9 Å². The van der Waals surface area contributed by atoms with Gasteiger partial charge in [0.25, 0.3) is 0 Å². The van der Waals surface area contributed by atoms with E-state index in [1.807, 2.05) is 36.4 Å². The molecule has 4 aromatic rings. The summed E-state index contributed by atoms with van der Waals surface area (Å²) in [4.78, 5) is 35.6. The summed E-state index contributed by atoms with van der Waals surface area (Å²) in [5.41, 5.74) is 1.13. The number of fused-ring (bicyclic) bond motifs is 2. The molecule has 0 aliphatic carbocycles. The zero-order valence-electron chi connectivity index (χ0n) is 35.1. The summed E-state index contributed by atoms with van der Waals surface area (Å²) in [6.45, 7) is 5.42. The van der Waals surface area contributed by atoms with E-state index in [1.54, 1.807) is 27.0 Å². The van der Waals surface area contributed by atoms with Crippen LogP contribution in [0.5, 0.6) is 0 Å². The summed E-state index contributed by atoms with van der Waals surface area (Å²) < 4.78 is 66.8. The van der Waals surface area contributed by atoms with Crippen molar-refractivity contribution in [2.45, 2.75) is 89.4 Å². The van der Waals surface area contributed by atoms with Gasteiger partial charge in [0, 0.05) is 72.9 Å². The first kappa shape index (κ1) is 44.5. The molecule has 17 heteroatoms. The number of nitrogens with zero attached hydrogens (tertiary/aromatic N) is 5. The van der Waals surface area contributed by atoms with E-state index in [1.165, 1.54) is 26.0 Å². The van der Waals surface area contributed by atoms with E-state index in [4.69, 9.17) is 14.5 Å². The van der Waals surface area contributed by atoms with Crippen LogP contribution in [0.2, 0.25) is 0 Å². The Morgan fingerprint density at radius 1 is 0.952 bits per heavy atom. The number of pyridine rings is 1. The maximum atomic E-state index is 15.1. The van der Waals surface area contributed by atoms with Gasteiger partial charge in [-0.1, -0.05) is 44.7 Å². The number of aromatic nitrogens is 3. The molecule has 3 fully saturated rings. The minimum absolute atomic E-state index is 0.0189. The zero-order valence-corrected chi connectivity index (χ0v) is 35.1. The average Bonchev–Trinajstić information content (AvgIpc) is 3.81. The second kappa shape index (κ2) is 19.2. The number of methoxy groups -OCH3 is 1. The van der Waals surface area contributed by atoms with Crippen LogP contribution in [0.15, 0.2) is 67.0 Å². The predicted octanol–water partition coefficient (Wildman–Crippen LogP) is 5.02. The summed E-state index contributed by atoms with van der Waals surface area (Å²) in [7, 11) is 1.18. The summed E-state index contributed by atoms with van der Waals surface area (Å²) >= 11 is 0. The first-order valence-electron chi connectivity index (χ1n) is 20.7. The number of rotatable bonds is 14. The van der Waals surface area contributed by atoms with Crippen molar-refractivity contribution < 1.29 is 41.7 Å². The van der Waals surface area contributed by atoms with Gasteiger partial charge in [-0.3, -0.25) is 9.69 Å². The molecule has 2 bridgehead atoms. The SMILES string of the molecule is COC(=O)NC(C(=O)N[C@@H](Cc1ccc(C#Cc2ccc(N3CC4CCC(C3)N4C3COC3)nc2)cc1)[C@@H](O)CNCc1c(F)cc(-c2ccn(C(F)F)n2)cc1F)C(C)(C)C. The first-order chi connectivity index (χ1) is 29.7. The third-order valence-corrected chi connectivity index (χ3v) is 11.7. The van der Waals surface area contributed by atoms with Gasteiger partial charge in [0.05, 0.1) is 44.2 Å². The fraction of sp³-hybridized carbons (Fsp3) is 0.467. The van der Waals surface area contributed by atoms with Crippen LogP contribution in [0.1, 0.15) is 62.4 Å². The fourth-order valence-electron chi connectivity index (χ4n) is 8.29. The van der Waals surface area contributed by atoms with Gasteiger partial charge >= 0.3 is 12.6 Å². The number of hydrogen-bond donors (Lipinski definition) is 4. The van der Waals surface area contributed by atoms with Crippen molar-refractivity contribution in [2.75, 3.05) is 44.9 Å². The Morgan fingerprint density at radius 3 is 2.18 bits per heavy atom. The molecule has 3 aliphatic rings. The van der Waals surface area contributed by atoms with Crippen LogP contribution in [0.25, 0.3) is 11.3 Å². The highest BCUT2D eigenvalue weighted by atomic mass is 19.3. The Morgan fingerprint density at radius 2 is 1.61 bits per heavy atom. The molecule has 62 heavy (non-hydrogen) atoms. The molecule has 5 atom stereocenters. The molecule has 0 spiro atoms. The van der Waals surface area contributed by atoms with Crippen LogP contribution in [-0.2, 0) is 27.2 Å². The van der Waals surface area contributed by atoms with E-state index in [0.717, 1.165) is 67.1 Å². The second-order valence-electron chi connectivity index (χ2n) is 17.1. The van der Waals surface area contributed by atoms with Crippen LogP contribution in [-0.4, -0.2) is 113 Å². The van der Waals surface area contributed by atoms with Gasteiger partial charge in [0.2, 0.25) is 5.91 Å². The Kier molecular flexibility index (Phi) is 13.8. The maximum Gasteiger partial charge on any atom is 0.407 e. The van der Waals surface area contributed by atoms with Crippen LogP contribution >= 0.6 is 0 Å². The van der Waals surface area contributed by atoms with Crippen molar-refractivity contribution in [3.8, 4) is 23.1 Å². The van der Waals surface area contributed by atoms with Gasteiger partial charge in [-0.05, 0) is 72.7 Å². The minimum Gasteiger partial charge on any atom is -0.453 e. The lowest BCUT2D eigenvalue weighted by Crippen LogP contribution is -2.62. The number of piperazine rings is 1. The third-order valence-electron chi connectivity index (χ3n) is 11.7. The van der Waals surface area contributed by atoms with Crippen LogP contribution in [0, 0.1) is 28.9 Å². The Balaban J connectivity index is 0.997. The molecule has 4 N–H and O–H groups in total. The lowest BCUT2D eigenvalue weighted by atomic mass is 9.85. The number of amides is 2. The van der Waals surface area contributed by atoms with E-state index in [2.05, 4.69) is 42.7 Å².